The number of carbonyl (C=O) groups is 2. The van der Waals surface area contributed by atoms with E-state index in [4.69, 9.17) is 5.11 Å². The Morgan fingerprint density at radius 3 is 2.71 bits per heavy atom. The highest BCUT2D eigenvalue weighted by atomic mass is 16.4. The molecule has 21 heavy (non-hydrogen) atoms. The molecule has 0 spiro atoms. The first kappa shape index (κ1) is 15.3. The SMILES string of the molecule is CC1(NC(=O)NCc2cc(C(=O)O)ccn2)CCCCC1. The molecule has 0 atom stereocenters. The monoisotopic (exact) mass is 291 g/mol. The third-order valence-corrected chi connectivity index (χ3v) is 3.87. The van der Waals surface area contributed by atoms with Gasteiger partial charge in [-0.2, -0.15) is 0 Å². The summed E-state index contributed by atoms with van der Waals surface area (Å²) in [6.07, 6.45) is 6.92. The van der Waals surface area contributed by atoms with Gasteiger partial charge in [-0.05, 0) is 31.9 Å². The molecule has 1 aliphatic rings. The third-order valence-electron chi connectivity index (χ3n) is 3.87. The van der Waals surface area contributed by atoms with E-state index in [0.717, 1.165) is 25.7 Å². The maximum Gasteiger partial charge on any atom is 0.335 e. The highest BCUT2D eigenvalue weighted by molar-refractivity contribution is 5.87. The zero-order valence-corrected chi connectivity index (χ0v) is 12.2. The molecular weight excluding hydrogens is 270 g/mol. The summed E-state index contributed by atoms with van der Waals surface area (Å²) < 4.78 is 0. The standard InChI is InChI=1S/C15H21N3O3/c1-15(6-3-2-4-7-15)18-14(21)17-10-12-9-11(13(19)20)5-8-16-12/h5,8-9H,2-4,6-7,10H2,1H3,(H,19,20)(H2,17,18,21). The predicted octanol–water partition coefficient (Wildman–Crippen LogP) is 2.30. The number of rotatable bonds is 4. The number of urea groups is 1. The van der Waals surface area contributed by atoms with Gasteiger partial charge in [-0.3, -0.25) is 4.98 Å². The van der Waals surface area contributed by atoms with Crippen LogP contribution in [-0.4, -0.2) is 27.6 Å². The lowest BCUT2D eigenvalue weighted by Gasteiger charge is -2.34. The normalized spacial score (nSPS) is 17.0. The summed E-state index contributed by atoms with van der Waals surface area (Å²) in [6, 6.07) is 2.65. The molecule has 1 aliphatic carbocycles. The average Bonchev–Trinajstić information content (AvgIpc) is 2.46. The average molecular weight is 291 g/mol. The van der Waals surface area contributed by atoms with Crippen LogP contribution in [0.25, 0.3) is 0 Å². The quantitative estimate of drug-likeness (QED) is 0.793. The first-order chi connectivity index (χ1) is 9.98. The molecule has 0 unspecified atom stereocenters. The second kappa shape index (κ2) is 6.56. The van der Waals surface area contributed by atoms with E-state index in [9.17, 15) is 9.59 Å². The largest absolute Gasteiger partial charge is 0.478 e. The maximum atomic E-state index is 11.9. The van der Waals surface area contributed by atoms with Crippen LogP contribution >= 0.6 is 0 Å². The van der Waals surface area contributed by atoms with Crippen molar-refractivity contribution in [2.75, 3.05) is 0 Å². The van der Waals surface area contributed by atoms with Crippen LogP contribution in [0.15, 0.2) is 18.3 Å². The van der Waals surface area contributed by atoms with E-state index in [1.165, 1.54) is 24.8 Å². The van der Waals surface area contributed by atoms with E-state index in [0.29, 0.717) is 5.69 Å². The maximum absolute atomic E-state index is 11.9. The second-order valence-corrected chi connectivity index (χ2v) is 5.77. The number of hydrogen-bond donors (Lipinski definition) is 3. The highest BCUT2D eigenvalue weighted by Crippen LogP contribution is 2.27. The number of carbonyl (C=O) groups excluding carboxylic acids is 1. The Morgan fingerprint density at radius 1 is 1.33 bits per heavy atom. The molecule has 6 heteroatoms. The van der Waals surface area contributed by atoms with Crippen LogP contribution < -0.4 is 10.6 Å². The Balaban J connectivity index is 1.86. The number of hydrogen-bond acceptors (Lipinski definition) is 3. The van der Waals surface area contributed by atoms with Gasteiger partial charge >= 0.3 is 12.0 Å². The molecule has 0 aliphatic heterocycles. The fourth-order valence-corrected chi connectivity index (χ4v) is 2.65. The van der Waals surface area contributed by atoms with Gasteiger partial charge in [0.15, 0.2) is 0 Å². The van der Waals surface area contributed by atoms with Crippen molar-refractivity contribution in [1.29, 1.82) is 0 Å². The number of nitrogens with zero attached hydrogens (tertiary/aromatic N) is 1. The lowest BCUT2D eigenvalue weighted by Crippen LogP contribution is -2.51. The lowest BCUT2D eigenvalue weighted by atomic mass is 9.83. The summed E-state index contributed by atoms with van der Waals surface area (Å²) in [5.74, 6) is -1.00. The number of nitrogens with one attached hydrogen (secondary N) is 2. The van der Waals surface area contributed by atoms with Crippen molar-refractivity contribution in [2.45, 2.75) is 51.1 Å². The number of carboxylic acid groups (broad SMARTS) is 1. The van der Waals surface area contributed by atoms with Gasteiger partial charge in [0.25, 0.3) is 0 Å². The topological polar surface area (TPSA) is 91.3 Å². The second-order valence-electron chi connectivity index (χ2n) is 5.77. The smallest absolute Gasteiger partial charge is 0.335 e. The van der Waals surface area contributed by atoms with Crippen molar-refractivity contribution in [2.24, 2.45) is 0 Å². The van der Waals surface area contributed by atoms with E-state index in [-0.39, 0.29) is 23.7 Å². The molecule has 114 valence electrons. The molecule has 0 bridgehead atoms. The van der Waals surface area contributed by atoms with E-state index >= 15 is 0 Å². The molecule has 3 N–H and O–H groups in total. The molecule has 0 aromatic carbocycles. The summed E-state index contributed by atoms with van der Waals surface area (Å²) >= 11 is 0. The van der Waals surface area contributed by atoms with Gasteiger partial charge in [0.2, 0.25) is 0 Å². The predicted molar refractivity (Wildman–Crippen MR) is 78.1 cm³/mol. The summed E-state index contributed by atoms with van der Waals surface area (Å²) in [7, 11) is 0. The molecule has 6 nitrogen and oxygen atoms in total. The summed E-state index contributed by atoms with van der Waals surface area (Å²) in [5.41, 5.74) is 0.555. The van der Waals surface area contributed by atoms with Crippen LogP contribution in [0.2, 0.25) is 0 Å². The number of aromatic nitrogens is 1. The lowest BCUT2D eigenvalue weighted by molar-refractivity contribution is 0.0696. The Bertz CT molecular complexity index is 525. The van der Waals surface area contributed by atoms with Gasteiger partial charge in [0.05, 0.1) is 17.8 Å². The van der Waals surface area contributed by atoms with Crippen LogP contribution in [0.5, 0.6) is 0 Å². The molecule has 0 saturated heterocycles. The molecule has 2 rings (SSSR count). The van der Waals surface area contributed by atoms with Gasteiger partial charge in [0, 0.05) is 11.7 Å². The van der Waals surface area contributed by atoms with Crippen molar-refractivity contribution < 1.29 is 14.7 Å². The summed E-state index contributed by atoms with van der Waals surface area (Å²) in [6.45, 7) is 2.28. The molecule has 1 saturated carbocycles. The van der Waals surface area contributed by atoms with Gasteiger partial charge < -0.3 is 15.7 Å². The van der Waals surface area contributed by atoms with Crippen molar-refractivity contribution in [3.63, 3.8) is 0 Å². The van der Waals surface area contributed by atoms with Crippen LogP contribution in [0.4, 0.5) is 4.79 Å². The fraction of sp³-hybridized carbons (Fsp3) is 0.533. The van der Waals surface area contributed by atoms with Crippen LogP contribution in [0.3, 0.4) is 0 Å². The minimum Gasteiger partial charge on any atom is -0.478 e. The molecule has 1 aromatic rings. The Morgan fingerprint density at radius 2 is 2.05 bits per heavy atom. The van der Waals surface area contributed by atoms with E-state index in [2.05, 4.69) is 22.5 Å². The van der Waals surface area contributed by atoms with Crippen LogP contribution in [0.1, 0.15) is 55.1 Å². The fourth-order valence-electron chi connectivity index (χ4n) is 2.65. The number of carboxylic acids is 1. The van der Waals surface area contributed by atoms with Gasteiger partial charge in [-0.25, -0.2) is 9.59 Å². The number of pyridine rings is 1. The Hall–Kier alpha value is -2.11. The summed E-state index contributed by atoms with van der Waals surface area (Å²) in [5, 5.41) is 14.7. The van der Waals surface area contributed by atoms with Crippen molar-refractivity contribution >= 4 is 12.0 Å². The minimum absolute atomic E-state index is 0.140. The first-order valence-corrected chi connectivity index (χ1v) is 7.23. The minimum atomic E-state index is -1.00. The van der Waals surface area contributed by atoms with Gasteiger partial charge in [-0.15, -0.1) is 0 Å². The van der Waals surface area contributed by atoms with Crippen molar-refractivity contribution in [3.8, 4) is 0 Å². The number of aromatic carboxylic acids is 1. The first-order valence-electron chi connectivity index (χ1n) is 7.23. The molecular formula is C15H21N3O3. The van der Waals surface area contributed by atoms with Crippen molar-refractivity contribution in [3.05, 3.63) is 29.6 Å². The highest BCUT2D eigenvalue weighted by Gasteiger charge is 2.28. The Labute approximate surface area is 124 Å². The van der Waals surface area contributed by atoms with Crippen LogP contribution in [0, 0.1) is 0 Å². The molecule has 1 heterocycles. The third kappa shape index (κ3) is 4.44. The van der Waals surface area contributed by atoms with E-state index in [1.54, 1.807) is 0 Å². The van der Waals surface area contributed by atoms with Gasteiger partial charge in [-0.1, -0.05) is 19.3 Å². The zero-order valence-electron chi connectivity index (χ0n) is 12.2. The van der Waals surface area contributed by atoms with Crippen molar-refractivity contribution in [1.82, 2.24) is 15.6 Å². The van der Waals surface area contributed by atoms with E-state index < -0.39 is 5.97 Å². The number of amides is 2. The zero-order chi connectivity index (χ0) is 15.3. The summed E-state index contributed by atoms with van der Waals surface area (Å²) in [4.78, 5) is 26.9. The molecule has 1 fully saturated rings. The molecule has 1 aromatic heterocycles. The van der Waals surface area contributed by atoms with Crippen LogP contribution in [-0.2, 0) is 6.54 Å². The molecule has 0 radical (unpaired) electrons. The molecule has 2 amide bonds. The van der Waals surface area contributed by atoms with E-state index in [1.807, 2.05) is 0 Å². The Kier molecular flexibility index (Phi) is 4.77. The van der Waals surface area contributed by atoms with Gasteiger partial charge in [0.1, 0.15) is 0 Å².